The maximum atomic E-state index is 12.5. The standard InChI is InChI=1S/C17H26N4OS/c1-12-10-15(19-17(18-12)23-3)21-9-5-8-14(11-21)20(2)16(22)13-6-4-7-13/h10,13-14H,4-9,11H2,1-3H3. The van der Waals surface area contributed by atoms with Crippen LogP contribution in [0.25, 0.3) is 0 Å². The van der Waals surface area contributed by atoms with Gasteiger partial charge in [0.2, 0.25) is 5.91 Å². The van der Waals surface area contributed by atoms with Crippen molar-refractivity contribution >= 4 is 23.5 Å². The molecule has 1 saturated carbocycles. The average Bonchev–Trinajstić information content (AvgIpc) is 2.52. The zero-order chi connectivity index (χ0) is 16.4. The smallest absolute Gasteiger partial charge is 0.225 e. The number of nitrogens with zero attached hydrogens (tertiary/aromatic N) is 4. The van der Waals surface area contributed by atoms with Gasteiger partial charge in [-0.1, -0.05) is 18.2 Å². The number of aromatic nitrogens is 2. The fraction of sp³-hybridized carbons (Fsp3) is 0.706. The van der Waals surface area contributed by atoms with E-state index in [2.05, 4.69) is 20.9 Å². The fourth-order valence-electron chi connectivity index (χ4n) is 3.38. The molecule has 23 heavy (non-hydrogen) atoms. The summed E-state index contributed by atoms with van der Waals surface area (Å²) >= 11 is 1.57. The largest absolute Gasteiger partial charge is 0.354 e. The molecular formula is C17H26N4OS. The van der Waals surface area contributed by atoms with Gasteiger partial charge >= 0.3 is 0 Å². The van der Waals surface area contributed by atoms with E-state index in [1.165, 1.54) is 6.42 Å². The molecule has 126 valence electrons. The number of thioether (sulfide) groups is 1. The topological polar surface area (TPSA) is 49.3 Å². The predicted octanol–water partition coefficient (Wildman–Crippen LogP) is 2.73. The molecule has 1 atom stereocenters. The fourth-order valence-corrected chi connectivity index (χ4v) is 3.80. The van der Waals surface area contributed by atoms with Crippen LogP contribution in [-0.2, 0) is 4.79 Å². The maximum absolute atomic E-state index is 12.5. The molecule has 1 unspecified atom stereocenters. The number of amides is 1. The molecule has 1 aliphatic heterocycles. The highest BCUT2D eigenvalue weighted by Crippen LogP contribution is 2.30. The van der Waals surface area contributed by atoms with Gasteiger partial charge in [0.25, 0.3) is 0 Å². The lowest BCUT2D eigenvalue weighted by atomic mass is 9.84. The first-order valence-corrected chi connectivity index (χ1v) is 9.72. The van der Waals surface area contributed by atoms with Crippen molar-refractivity contribution < 1.29 is 4.79 Å². The normalized spacial score (nSPS) is 21.9. The van der Waals surface area contributed by atoms with Crippen LogP contribution in [0, 0.1) is 12.8 Å². The van der Waals surface area contributed by atoms with Crippen molar-refractivity contribution in [2.75, 3.05) is 31.3 Å². The highest BCUT2D eigenvalue weighted by atomic mass is 32.2. The predicted molar refractivity (Wildman–Crippen MR) is 93.9 cm³/mol. The third kappa shape index (κ3) is 3.62. The summed E-state index contributed by atoms with van der Waals surface area (Å²) in [6.45, 7) is 3.89. The molecule has 2 aliphatic rings. The summed E-state index contributed by atoms with van der Waals surface area (Å²) in [7, 11) is 1.98. The number of aryl methyl sites for hydroxylation is 1. The molecule has 1 amide bonds. The van der Waals surface area contributed by atoms with Crippen LogP contribution in [0.3, 0.4) is 0 Å². The number of hydrogen-bond acceptors (Lipinski definition) is 5. The summed E-state index contributed by atoms with van der Waals surface area (Å²) in [4.78, 5) is 25.9. The lowest BCUT2D eigenvalue weighted by molar-refractivity contribution is -0.139. The van der Waals surface area contributed by atoms with Gasteiger partial charge in [-0.25, -0.2) is 9.97 Å². The second kappa shape index (κ2) is 7.07. The Labute approximate surface area is 142 Å². The quantitative estimate of drug-likeness (QED) is 0.626. The molecule has 0 N–H and O–H groups in total. The van der Waals surface area contributed by atoms with E-state index in [0.717, 1.165) is 55.4 Å². The van der Waals surface area contributed by atoms with Crippen molar-refractivity contribution in [1.82, 2.24) is 14.9 Å². The SMILES string of the molecule is CSc1nc(C)cc(N2CCCC(N(C)C(=O)C3CCC3)C2)n1. The number of anilines is 1. The molecule has 3 rings (SSSR count). The van der Waals surface area contributed by atoms with E-state index < -0.39 is 0 Å². The second-order valence-electron chi connectivity index (χ2n) is 6.67. The Morgan fingerprint density at radius 3 is 2.74 bits per heavy atom. The molecule has 1 aromatic rings. The minimum absolute atomic E-state index is 0.278. The van der Waals surface area contributed by atoms with Gasteiger partial charge in [-0.05, 0) is 38.9 Å². The highest BCUT2D eigenvalue weighted by Gasteiger charge is 2.33. The van der Waals surface area contributed by atoms with E-state index in [1.54, 1.807) is 11.8 Å². The van der Waals surface area contributed by atoms with Crippen LogP contribution in [0.5, 0.6) is 0 Å². The van der Waals surface area contributed by atoms with Gasteiger partial charge in [-0.2, -0.15) is 0 Å². The molecule has 2 fully saturated rings. The summed E-state index contributed by atoms with van der Waals surface area (Å²) < 4.78 is 0. The summed E-state index contributed by atoms with van der Waals surface area (Å²) in [6.07, 6.45) is 7.54. The second-order valence-corrected chi connectivity index (χ2v) is 7.45. The number of carbonyl (C=O) groups is 1. The van der Waals surface area contributed by atoms with Gasteiger partial charge in [0.05, 0.1) is 0 Å². The van der Waals surface area contributed by atoms with Crippen LogP contribution in [0.1, 0.15) is 37.8 Å². The molecule has 5 nitrogen and oxygen atoms in total. The first-order chi connectivity index (χ1) is 11.1. The molecular weight excluding hydrogens is 308 g/mol. The van der Waals surface area contributed by atoms with Crippen molar-refractivity contribution in [1.29, 1.82) is 0 Å². The van der Waals surface area contributed by atoms with Crippen LogP contribution in [-0.4, -0.2) is 53.2 Å². The Balaban J connectivity index is 1.70. The van der Waals surface area contributed by atoms with E-state index in [9.17, 15) is 4.79 Å². The maximum Gasteiger partial charge on any atom is 0.225 e. The van der Waals surface area contributed by atoms with Crippen LogP contribution < -0.4 is 4.90 Å². The molecule has 1 aliphatic carbocycles. The van der Waals surface area contributed by atoms with Crippen molar-refractivity contribution in [3.05, 3.63) is 11.8 Å². The summed E-state index contributed by atoms with van der Waals surface area (Å²) in [5.74, 6) is 1.61. The summed E-state index contributed by atoms with van der Waals surface area (Å²) in [5.41, 5.74) is 1.00. The van der Waals surface area contributed by atoms with Crippen LogP contribution in [0.2, 0.25) is 0 Å². The number of carbonyl (C=O) groups excluding carboxylic acids is 1. The minimum atomic E-state index is 0.278. The Kier molecular flexibility index (Phi) is 5.09. The lowest BCUT2D eigenvalue weighted by Gasteiger charge is -2.40. The molecule has 0 radical (unpaired) electrons. The van der Waals surface area contributed by atoms with E-state index >= 15 is 0 Å². The highest BCUT2D eigenvalue weighted by molar-refractivity contribution is 7.98. The molecule has 0 aromatic carbocycles. The molecule has 1 aromatic heterocycles. The van der Waals surface area contributed by atoms with Gasteiger partial charge in [0.15, 0.2) is 5.16 Å². The van der Waals surface area contributed by atoms with Gasteiger partial charge in [0, 0.05) is 43.9 Å². The molecule has 6 heteroatoms. The van der Waals surface area contributed by atoms with Gasteiger partial charge in [-0.15, -0.1) is 0 Å². The van der Waals surface area contributed by atoms with Crippen molar-refractivity contribution in [2.24, 2.45) is 5.92 Å². The first-order valence-electron chi connectivity index (χ1n) is 8.50. The minimum Gasteiger partial charge on any atom is -0.354 e. The molecule has 2 heterocycles. The van der Waals surface area contributed by atoms with Gasteiger partial charge in [0.1, 0.15) is 5.82 Å². The van der Waals surface area contributed by atoms with Crippen LogP contribution in [0.15, 0.2) is 11.2 Å². The number of likely N-dealkylation sites (N-methyl/N-ethyl adjacent to an activating group) is 1. The first kappa shape index (κ1) is 16.6. The Morgan fingerprint density at radius 1 is 1.30 bits per heavy atom. The van der Waals surface area contributed by atoms with E-state index in [4.69, 9.17) is 0 Å². The Hall–Kier alpha value is -1.30. The number of hydrogen-bond donors (Lipinski definition) is 0. The van der Waals surface area contributed by atoms with Crippen LogP contribution in [0.4, 0.5) is 5.82 Å². The third-order valence-corrected chi connectivity index (χ3v) is 5.62. The average molecular weight is 334 g/mol. The summed E-state index contributed by atoms with van der Waals surface area (Å²) in [5, 5.41) is 0.820. The third-order valence-electron chi connectivity index (χ3n) is 5.07. The Bertz CT molecular complexity index is 576. The number of rotatable bonds is 4. The zero-order valence-corrected chi connectivity index (χ0v) is 15.1. The summed E-state index contributed by atoms with van der Waals surface area (Å²) in [6, 6.07) is 2.35. The van der Waals surface area contributed by atoms with Crippen LogP contribution >= 0.6 is 11.8 Å². The zero-order valence-electron chi connectivity index (χ0n) is 14.3. The van der Waals surface area contributed by atoms with Gasteiger partial charge in [-0.3, -0.25) is 4.79 Å². The molecule has 0 spiro atoms. The Morgan fingerprint density at radius 2 is 2.09 bits per heavy atom. The lowest BCUT2D eigenvalue weighted by Crippen LogP contribution is -2.51. The molecule has 1 saturated heterocycles. The van der Waals surface area contributed by atoms with E-state index in [0.29, 0.717) is 11.9 Å². The molecule has 0 bridgehead atoms. The number of piperidine rings is 1. The monoisotopic (exact) mass is 334 g/mol. The van der Waals surface area contributed by atoms with Gasteiger partial charge < -0.3 is 9.80 Å². The van der Waals surface area contributed by atoms with E-state index in [1.807, 2.05) is 25.1 Å². The van der Waals surface area contributed by atoms with Crippen molar-refractivity contribution in [2.45, 2.75) is 50.2 Å². The van der Waals surface area contributed by atoms with Crippen molar-refractivity contribution in [3.8, 4) is 0 Å². The van der Waals surface area contributed by atoms with Crippen molar-refractivity contribution in [3.63, 3.8) is 0 Å². The van der Waals surface area contributed by atoms with E-state index in [-0.39, 0.29) is 5.92 Å².